The minimum atomic E-state index is 0.421. The Morgan fingerprint density at radius 2 is 2.41 bits per heavy atom. The summed E-state index contributed by atoms with van der Waals surface area (Å²) >= 11 is 1.62. The Balaban J connectivity index is 1.38. The van der Waals surface area contributed by atoms with Crippen LogP contribution in [0.5, 0.6) is 0 Å². The SMILES string of the molecule is Cc1ccc(-c2nc(CNC3CCc4ncnn4C3)cs2)o1. The summed E-state index contributed by atoms with van der Waals surface area (Å²) in [5, 5.41) is 10.8. The molecule has 1 aliphatic heterocycles. The Morgan fingerprint density at radius 1 is 1.45 bits per heavy atom. The summed E-state index contributed by atoms with van der Waals surface area (Å²) in [7, 11) is 0. The number of rotatable bonds is 4. The van der Waals surface area contributed by atoms with Gasteiger partial charge < -0.3 is 9.73 Å². The molecule has 6 nitrogen and oxygen atoms in total. The summed E-state index contributed by atoms with van der Waals surface area (Å²) in [6.07, 6.45) is 3.70. The second kappa shape index (κ2) is 5.66. The third-order valence-corrected chi connectivity index (χ3v) is 4.79. The molecule has 1 N–H and O–H groups in total. The summed E-state index contributed by atoms with van der Waals surface area (Å²) in [4.78, 5) is 8.89. The molecule has 4 heterocycles. The molecule has 0 amide bonds. The van der Waals surface area contributed by atoms with Crippen LogP contribution in [0.15, 0.2) is 28.3 Å². The first-order chi connectivity index (χ1) is 10.8. The standard InChI is InChI=1S/C15H17N5OS/c1-10-2-4-13(21-10)15-19-12(8-22-15)6-16-11-3-5-14-17-9-18-20(14)7-11/h2,4,8-9,11,16H,3,5-7H2,1H3. The Labute approximate surface area is 132 Å². The van der Waals surface area contributed by atoms with E-state index in [9.17, 15) is 0 Å². The highest BCUT2D eigenvalue weighted by molar-refractivity contribution is 7.13. The Kier molecular flexibility index (Phi) is 3.51. The van der Waals surface area contributed by atoms with E-state index >= 15 is 0 Å². The van der Waals surface area contributed by atoms with E-state index in [1.807, 2.05) is 23.7 Å². The fraction of sp³-hybridized carbons (Fsp3) is 0.400. The minimum absolute atomic E-state index is 0.421. The van der Waals surface area contributed by atoms with E-state index in [1.54, 1.807) is 17.7 Å². The van der Waals surface area contributed by atoms with E-state index in [0.717, 1.165) is 54.0 Å². The van der Waals surface area contributed by atoms with Crippen LogP contribution in [0.4, 0.5) is 0 Å². The predicted octanol–water partition coefficient (Wildman–Crippen LogP) is 2.41. The maximum absolute atomic E-state index is 5.62. The third-order valence-electron chi connectivity index (χ3n) is 3.88. The lowest BCUT2D eigenvalue weighted by Gasteiger charge is -2.23. The van der Waals surface area contributed by atoms with Crippen molar-refractivity contribution in [2.24, 2.45) is 0 Å². The van der Waals surface area contributed by atoms with Crippen molar-refractivity contribution in [1.29, 1.82) is 0 Å². The molecule has 0 saturated carbocycles. The zero-order chi connectivity index (χ0) is 14.9. The van der Waals surface area contributed by atoms with E-state index in [4.69, 9.17) is 4.42 Å². The summed E-state index contributed by atoms with van der Waals surface area (Å²) in [5.74, 6) is 2.84. The van der Waals surface area contributed by atoms with Gasteiger partial charge in [0, 0.05) is 24.4 Å². The molecule has 0 aliphatic carbocycles. The van der Waals surface area contributed by atoms with Crippen molar-refractivity contribution < 1.29 is 4.42 Å². The second-order valence-corrected chi connectivity index (χ2v) is 6.39. The number of hydrogen-bond acceptors (Lipinski definition) is 6. The van der Waals surface area contributed by atoms with E-state index in [2.05, 4.69) is 25.8 Å². The smallest absolute Gasteiger partial charge is 0.162 e. The van der Waals surface area contributed by atoms with Crippen LogP contribution in [0.2, 0.25) is 0 Å². The lowest BCUT2D eigenvalue weighted by Crippen LogP contribution is -2.37. The van der Waals surface area contributed by atoms with Crippen molar-refractivity contribution in [3.8, 4) is 10.8 Å². The number of hydrogen-bond donors (Lipinski definition) is 1. The van der Waals surface area contributed by atoms with Crippen molar-refractivity contribution in [3.63, 3.8) is 0 Å². The molecule has 22 heavy (non-hydrogen) atoms. The van der Waals surface area contributed by atoms with Crippen LogP contribution in [-0.4, -0.2) is 25.8 Å². The molecule has 0 saturated heterocycles. The largest absolute Gasteiger partial charge is 0.459 e. The second-order valence-electron chi connectivity index (χ2n) is 5.53. The number of aryl methyl sites for hydroxylation is 2. The monoisotopic (exact) mass is 315 g/mol. The van der Waals surface area contributed by atoms with Gasteiger partial charge in [-0.3, -0.25) is 0 Å². The predicted molar refractivity (Wildman–Crippen MR) is 83.5 cm³/mol. The highest BCUT2D eigenvalue weighted by Crippen LogP contribution is 2.25. The molecule has 3 aromatic rings. The first-order valence-electron chi connectivity index (χ1n) is 7.39. The van der Waals surface area contributed by atoms with Gasteiger partial charge in [-0.25, -0.2) is 14.6 Å². The van der Waals surface area contributed by atoms with Gasteiger partial charge in [0.25, 0.3) is 0 Å². The number of nitrogens with one attached hydrogen (secondary N) is 1. The summed E-state index contributed by atoms with van der Waals surface area (Å²) < 4.78 is 7.60. The molecule has 0 fully saturated rings. The van der Waals surface area contributed by atoms with Gasteiger partial charge in [-0.2, -0.15) is 5.10 Å². The molecule has 7 heteroatoms. The molecule has 4 rings (SSSR count). The van der Waals surface area contributed by atoms with E-state index < -0.39 is 0 Å². The van der Waals surface area contributed by atoms with E-state index in [1.165, 1.54) is 0 Å². The molecule has 3 aromatic heterocycles. The Morgan fingerprint density at radius 3 is 3.27 bits per heavy atom. The van der Waals surface area contributed by atoms with Crippen LogP contribution in [-0.2, 0) is 19.5 Å². The van der Waals surface area contributed by atoms with Crippen molar-refractivity contribution in [2.75, 3.05) is 0 Å². The van der Waals surface area contributed by atoms with Gasteiger partial charge in [0.05, 0.1) is 12.2 Å². The van der Waals surface area contributed by atoms with Gasteiger partial charge in [-0.15, -0.1) is 11.3 Å². The van der Waals surface area contributed by atoms with Crippen molar-refractivity contribution in [1.82, 2.24) is 25.1 Å². The molecule has 0 spiro atoms. The highest BCUT2D eigenvalue weighted by Gasteiger charge is 2.19. The minimum Gasteiger partial charge on any atom is -0.459 e. The maximum Gasteiger partial charge on any atom is 0.162 e. The van der Waals surface area contributed by atoms with Gasteiger partial charge in [-0.1, -0.05) is 0 Å². The summed E-state index contributed by atoms with van der Waals surface area (Å²) in [6, 6.07) is 4.36. The number of thiazole rings is 1. The zero-order valence-corrected chi connectivity index (χ0v) is 13.1. The summed E-state index contributed by atoms with van der Waals surface area (Å²) in [5.41, 5.74) is 1.05. The molecule has 1 atom stereocenters. The van der Waals surface area contributed by atoms with Crippen LogP contribution >= 0.6 is 11.3 Å². The Hall–Kier alpha value is -1.99. The van der Waals surface area contributed by atoms with Crippen LogP contribution in [0.1, 0.15) is 23.7 Å². The molecule has 0 bridgehead atoms. The van der Waals surface area contributed by atoms with Gasteiger partial charge in [0.2, 0.25) is 0 Å². The van der Waals surface area contributed by atoms with Crippen LogP contribution in [0.25, 0.3) is 10.8 Å². The van der Waals surface area contributed by atoms with E-state index in [-0.39, 0.29) is 0 Å². The molecule has 0 radical (unpaired) electrons. The lowest BCUT2D eigenvalue weighted by atomic mass is 10.1. The lowest BCUT2D eigenvalue weighted by molar-refractivity contribution is 0.357. The van der Waals surface area contributed by atoms with Gasteiger partial charge in [0.15, 0.2) is 10.8 Å². The van der Waals surface area contributed by atoms with Gasteiger partial charge in [0.1, 0.15) is 17.9 Å². The molecular formula is C15H17N5OS. The average molecular weight is 315 g/mol. The van der Waals surface area contributed by atoms with Crippen LogP contribution < -0.4 is 5.32 Å². The summed E-state index contributed by atoms with van der Waals surface area (Å²) in [6.45, 7) is 3.59. The fourth-order valence-corrected chi connectivity index (χ4v) is 3.48. The zero-order valence-electron chi connectivity index (χ0n) is 12.3. The van der Waals surface area contributed by atoms with Crippen molar-refractivity contribution in [3.05, 3.63) is 41.1 Å². The van der Waals surface area contributed by atoms with E-state index in [0.29, 0.717) is 6.04 Å². The first-order valence-corrected chi connectivity index (χ1v) is 8.27. The first kappa shape index (κ1) is 13.7. The Bertz CT molecular complexity index is 774. The van der Waals surface area contributed by atoms with Crippen LogP contribution in [0.3, 0.4) is 0 Å². The normalized spacial score (nSPS) is 17.6. The quantitative estimate of drug-likeness (QED) is 0.800. The van der Waals surface area contributed by atoms with Gasteiger partial charge in [-0.05, 0) is 25.5 Å². The maximum atomic E-state index is 5.62. The molecular weight excluding hydrogens is 298 g/mol. The molecule has 0 aromatic carbocycles. The topological polar surface area (TPSA) is 68.8 Å². The number of nitrogens with zero attached hydrogens (tertiary/aromatic N) is 4. The average Bonchev–Trinajstić information content (AvgIpc) is 3.24. The fourth-order valence-electron chi connectivity index (χ4n) is 2.70. The number of aromatic nitrogens is 4. The molecule has 1 aliphatic rings. The van der Waals surface area contributed by atoms with Gasteiger partial charge >= 0.3 is 0 Å². The number of furan rings is 1. The third kappa shape index (κ3) is 2.69. The molecule has 1 unspecified atom stereocenters. The highest BCUT2D eigenvalue weighted by atomic mass is 32.1. The van der Waals surface area contributed by atoms with Crippen molar-refractivity contribution >= 4 is 11.3 Å². The van der Waals surface area contributed by atoms with Crippen molar-refractivity contribution in [2.45, 2.75) is 38.9 Å². The van der Waals surface area contributed by atoms with Crippen LogP contribution in [0, 0.1) is 6.92 Å². The number of fused-ring (bicyclic) bond motifs is 1. The molecule has 114 valence electrons.